The Hall–Kier alpha value is -3.39. The molecule has 2 aromatic rings. The third-order valence-corrected chi connectivity index (χ3v) is 5.54. The number of para-hydroxylation sites is 1. The first kappa shape index (κ1) is 28.8. The molecule has 0 spiro atoms. The number of hydrogen-bond acceptors (Lipinski definition) is 5. The number of anilines is 2. The van der Waals surface area contributed by atoms with Gasteiger partial charge < -0.3 is 15.4 Å². The SMILES string of the molecule is Cc1cccc(NC(=O)OC(C)(C)C)c1NC(=O)c1ccc(C(=O)NCCN(C(C)C)C(C)C)cc1. The topological polar surface area (TPSA) is 99.8 Å². The van der Waals surface area contributed by atoms with Crippen molar-refractivity contribution in [3.8, 4) is 0 Å². The number of ether oxygens (including phenoxy) is 1. The van der Waals surface area contributed by atoms with Crippen LogP contribution in [0, 0.1) is 6.92 Å². The first-order valence-corrected chi connectivity index (χ1v) is 12.3. The molecule has 8 heteroatoms. The Labute approximate surface area is 214 Å². The van der Waals surface area contributed by atoms with Gasteiger partial charge in [-0.25, -0.2) is 4.79 Å². The highest BCUT2D eigenvalue weighted by Crippen LogP contribution is 2.27. The van der Waals surface area contributed by atoms with Crippen LogP contribution >= 0.6 is 0 Å². The zero-order valence-electron chi connectivity index (χ0n) is 22.7. The van der Waals surface area contributed by atoms with Gasteiger partial charge >= 0.3 is 6.09 Å². The van der Waals surface area contributed by atoms with Gasteiger partial charge in [-0.1, -0.05) is 12.1 Å². The van der Waals surface area contributed by atoms with E-state index in [0.29, 0.717) is 41.1 Å². The summed E-state index contributed by atoms with van der Waals surface area (Å²) in [4.78, 5) is 40.0. The molecule has 3 amide bonds. The fraction of sp³-hybridized carbons (Fsp3) is 0.464. The molecular formula is C28H40N4O4. The van der Waals surface area contributed by atoms with E-state index in [-0.39, 0.29) is 11.8 Å². The van der Waals surface area contributed by atoms with Crippen molar-refractivity contribution in [2.24, 2.45) is 0 Å². The number of hydrogen-bond donors (Lipinski definition) is 3. The highest BCUT2D eigenvalue weighted by molar-refractivity contribution is 6.08. The summed E-state index contributed by atoms with van der Waals surface area (Å²) in [5, 5.41) is 8.51. The average molecular weight is 497 g/mol. The largest absolute Gasteiger partial charge is 0.444 e. The number of carbonyl (C=O) groups is 3. The molecule has 8 nitrogen and oxygen atoms in total. The Bertz CT molecular complexity index is 1050. The molecule has 0 fully saturated rings. The van der Waals surface area contributed by atoms with Crippen molar-refractivity contribution in [1.29, 1.82) is 0 Å². The van der Waals surface area contributed by atoms with Crippen molar-refractivity contribution in [3.05, 3.63) is 59.2 Å². The van der Waals surface area contributed by atoms with Crippen molar-refractivity contribution < 1.29 is 19.1 Å². The third-order valence-electron chi connectivity index (χ3n) is 5.54. The van der Waals surface area contributed by atoms with E-state index in [1.165, 1.54) is 0 Å². The summed E-state index contributed by atoms with van der Waals surface area (Å²) in [6, 6.07) is 12.6. The molecule has 0 unspecified atom stereocenters. The van der Waals surface area contributed by atoms with Crippen LogP contribution in [0.1, 0.15) is 74.7 Å². The maximum absolute atomic E-state index is 12.9. The van der Waals surface area contributed by atoms with Crippen LogP contribution in [0.2, 0.25) is 0 Å². The Morgan fingerprint density at radius 2 is 1.42 bits per heavy atom. The predicted molar refractivity (Wildman–Crippen MR) is 145 cm³/mol. The van der Waals surface area contributed by atoms with Crippen LogP contribution in [0.4, 0.5) is 16.2 Å². The maximum Gasteiger partial charge on any atom is 0.412 e. The van der Waals surface area contributed by atoms with Crippen LogP contribution in [0.25, 0.3) is 0 Å². The van der Waals surface area contributed by atoms with E-state index in [1.54, 1.807) is 57.2 Å². The molecule has 2 rings (SSSR count). The number of aryl methyl sites for hydroxylation is 1. The molecule has 0 atom stereocenters. The Kier molecular flexibility index (Phi) is 10.0. The number of carbonyl (C=O) groups excluding carboxylic acids is 3. The lowest BCUT2D eigenvalue weighted by Crippen LogP contribution is -2.42. The molecular weight excluding hydrogens is 456 g/mol. The summed E-state index contributed by atoms with van der Waals surface area (Å²) < 4.78 is 5.32. The number of benzene rings is 2. The summed E-state index contributed by atoms with van der Waals surface area (Å²) >= 11 is 0. The van der Waals surface area contributed by atoms with Crippen LogP contribution in [0.5, 0.6) is 0 Å². The Morgan fingerprint density at radius 1 is 0.861 bits per heavy atom. The normalized spacial score (nSPS) is 11.5. The van der Waals surface area contributed by atoms with E-state index in [4.69, 9.17) is 4.74 Å². The molecule has 2 aromatic carbocycles. The Balaban J connectivity index is 2.04. The van der Waals surface area contributed by atoms with Crippen LogP contribution in [-0.2, 0) is 4.74 Å². The van der Waals surface area contributed by atoms with E-state index in [0.717, 1.165) is 12.1 Å². The molecule has 0 saturated carbocycles. The summed E-state index contributed by atoms with van der Waals surface area (Å²) in [5.74, 6) is -0.537. The van der Waals surface area contributed by atoms with Crippen molar-refractivity contribution in [2.45, 2.75) is 73.1 Å². The van der Waals surface area contributed by atoms with Gasteiger partial charge in [0.15, 0.2) is 0 Å². The van der Waals surface area contributed by atoms with E-state index in [9.17, 15) is 14.4 Å². The molecule has 36 heavy (non-hydrogen) atoms. The minimum absolute atomic E-state index is 0.183. The van der Waals surface area contributed by atoms with Gasteiger partial charge in [-0.15, -0.1) is 0 Å². The number of amides is 3. The summed E-state index contributed by atoms with van der Waals surface area (Å²) in [5.41, 5.74) is 1.93. The monoisotopic (exact) mass is 496 g/mol. The highest BCUT2D eigenvalue weighted by atomic mass is 16.6. The minimum Gasteiger partial charge on any atom is -0.444 e. The van der Waals surface area contributed by atoms with E-state index in [2.05, 4.69) is 48.5 Å². The van der Waals surface area contributed by atoms with Crippen molar-refractivity contribution in [2.75, 3.05) is 23.7 Å². The van der Waals surface area contributed by atoms with Crippen LogP contribution in [0.3, 0.4) is 0 Å². The molecule has 0 saturated heterocycles. The molecule has 0 aliphatic rings. The van der Waals surface area contributed by atoms with E-state index in [1.807, 2.05) is 13.0 Å². The smallest absolute Gasteiger partial charge is 0.412 e. The maximum atomic E-state index is 12.9. The summed E-state index contributed by atoms with van der Waals surface area (Å²) in [6.07, 6.45) is -0.608. The quantitative estimate of drug-likeness (QED) is 0.429. The Morgan fingerprint density at radius 3 is 1.94 bits per heavy atom. The number of nitrogens with one attached hydrogen (secondary N) is 3. The van der Waals surface area contributed by atoms with Crippen LogP contribution in [0.15, 0.2) is 42.5 Å². The molecule has 0 aliphatic carbocycles. The van der Waals surface area contributed by atoms with Gasteiger partial charge in [-0.05, 0) is 91.3 Å². The predicted octanol–water partition coefficient (Wildman–Crippen LogP) is 5.44. The van der Waals surface area contributed by atoms with Gasteiger partial charge in [0.1, 0.15) is 5.60 Å². The summed E-state index contributed by atoms with van der Waals surface area (Å²) in [6.45, 7) is 17.0. The second-order valence-corrected chi connectivity index (χ2v) is 10.3. The van der Waals surface area contributed by atoms with Gasteiger partial charge in [0.25, 0.3) is 11.8 Å². The number of rotatable bonds is 9. The lowest BCUT2D eigenvalue weighted by atomic mass is 10.1. The second kappa shape index (κ2) is 12.5. The molecule has 0 aliphatic heterocycles. The van der Waals surface area contributed by atoms with Gasteiger partial charge in [0, 0.05) is 36.3 Å². The third kappa shape index (κ3) is 8.68. The van der Waals surface area contributed by atoms with Crippen LogP contribution < -0.4 is 16.0 Å². The van der Waals surface area contributed by atoms with Crippen molar-refractivity contribution in [1.82, 2.24) is 10.2 Å². The lowest BCUT2D eigenvalue weighted by molar-refractivity contribution is 0.0635. The minimum atomic E-state index is -0.645. The van der Waals surface area contributed by atoms with Crippen LogP contribution in [-0.4, -0.2) is 53.6 Å². The van der Waals surface area contributed by atoms with Gasteiger partial charge in [-0.3, -0.25) is 19.8 Å². The zero-order valence-corrected chi connectivity index (χ0v) is 22.7. The molecule has 0 aromatic heterocycles. The van der Waals surface area contributed by atoms with Gasteiger partial charge in [0.05, 0.1) is 11.4 Å². The van der Waals surface area contributed by atoms with Gasteiger partial charge in [-0.2, -0.15) is 0 Å². The van der Waals surface area contributed by atoms with Crippen molar-refractivity contribution in [3.63, 3.8) is 0 Å². The molecule has 3 N–H and O–H groups in total. The fourth-order valence-corrected chi connectivity index (χ4v) is 3.82. The van der Waals surface area contributed by atoms with E-state index < -0.39 is 11.7 Å². The average Bonchev–Trinajstić information content (AvgIpc) is 2.77. The zero-order chi connectivity index (χ0) is 27.0. The highest BCUT2D eigenvalue weighted by Gasteiger charge is 2.19. The molecule has 0 bridgehead atoms. The fourth-order valence-electron chi connectivity index (χ4n) is 3.82. The second-order valence-electron chi connectivity index (χ2n) is 10.3. The summed E-state index contributed by atoms with van der Waals surface area (Å²) in [7, 11) is 0. The molecule has 196 valence electrons. The standard InChI is InChI=1S/C28H40N4O4/c1-18(2)32(19(3)4)17-16-29-25(33)21-12-14-22(15-13-21)26(34)31-24-20(5)10-9-11-23(24)30-27(35)36-28(6,7)8/h9-15,18-19H,16-17H2,1-8H3,(H,29,33)(H,30,35)(H,31,34). The number of nitrogens with zero attached hydrogens (tertiary/aromatic N) is 1. The molecule has 0 radical (unpaired) electrons. The van der Waals surface area contributed by atoms with Gasteiger partial charge in [0.2, 0.25) is 0 Å². The molecule has 0 heterocycles. The first-order valence-electron chi connectivity index (χ1n) is 12.3. The van der Waals surface area contributed by atoms with E-state index >= 15 is 0 Å². The van der Waals surface area contributed by atoms with Crippen molar-refractivity contribution >= 4 is 29.3 Å². The lowest BCUT2D eigenvalue weighted by Gasteiger charge is -2.30. The first-order chi connectivity index (χ1) is 16.8.